The Labute approximate surface area is 137 Å². The van der Waals surface area contributed by atoms with Crippen molar-refractivity contribution in [1.29, 1.82) is 0 Å². The summed E-state index contributed by atoms with van der Waals surface area (Å²) in [5.74, 6) is -0.140. The fraction of sp³-hybridized carbons (Fsp3) is 0.0588. The third-order valence-corrected chi connectivity index (χ3v) is 4.65. The van der Waals surface area contributed by atoms with Crippen molar-refractivity contribution < 1.29 is 4.79 Å². The predicted octanol–water partition coefficient (Wildman–Crippen LogP) is 4.78. The average Bonchev–Trinajstić information content (AvgIpc) is 3.04. The van der Waals surface area contributed by atoms with Gasteiger partial charge in [0.1, 0.15) is 0 Å². The molecule has 0 aliphatic heterocycles. The molecule has 0 radical (unpaired) electrons. The molecule has 2 aromatic carbocycles. The lowest BCUT2D eigenvalue weighted by molar-refractivity contribution is 0.102. The van der Waals surface area contributed by atoms with Gasteiger partial charge in [0.05, 0.1) is 5.69 Å². The molecule has 0 saturated heterocycles. The van der Waals surface area contributed by atoms with Crippen molar-refractivity contribution in [1.82, 2.24) is 4.98 Å². The quantitative estimate of drug-likeness (QED) is 0.701. The number of rotatable bonds is 4. The van der Waals surface area contributed by atoms with Crippen LogP contribution >= 0.6 is 23.1 Å². The number of amides is 1. The number of benzene rings is 2. The zero-order valence-corrected chi connectivity index (χ0v) is 13.6. The van der Waals surface area contributed by atoms with Gasteiger partial charge >= 0.3 is 0 Å². The van der Waals surface area contributed by atoms with Gasteiger partial charge in [-0.25, -0.2) is 4.98 Å². The van der Waals surface area contributed by atoms with E-state index in [0.717, 1.165) is 11.3 Å². The lowest BCUT2D eigenvalue weighted by atomic mass is 10.2. The molecule has 1 aromatic heterocycles. The van der Waals surface area contributed by atoms with Crippen LogP contribution in [0.1, 0.15) is 10.4 Å². The number of nitrogens with zero attached hydrogens (tertiary/aromatic N) is 1. The van der Waals surface area contributed by atoms with Gasteiger partial charge in [-0.15, -0.1) is 23.1 Å². The van der Waals surface area contributed by atoms with Gasteiger partial charge < -0.3 is 0 Å². The third kappa shape index (κ3) is 3.37. The summed E-state index contributed by atoms with van der Waals surface area (Å²) in [6, 6.07) is 17.4. The van der Waals surface area contributed by atoms with E-state index in [9.17, 15) is 4.79 Å². The van der Waals surface area contributed by atoms with Gasteiger partial charge in [-0.3, -0.25) is 10.1 Å². The molecule has 3 aromatic rings. The maximum Gasteiger partial charge on any atom is 0.257 e. The van der Waals surface area contributed by atoms with E-state index in [4.69, 9.17) is 0 Å². The molecule has 110 valence electrons. The molecule has 0 aliphatic carbocycles. The standard InChI is InChI=1S/C17H14N2OS2/c1-21-14-9-7-12(8-10-14)15-11-22-17(18-15)19-16(20)13-5-3-2-4-6-13/h2-11H,1H3,(H,18,19,20). The van der Waals surface area contributed by atoms with Gasteiger partial charge in [0, 0.05) is 21.4 Å². The van der Waals surface area contributed by atoms with Crippen LogP contribution < -0.4 is 5.32 Å². The zero-order valence-electron chi connectivity index (χ0n) is 11.9. The van der Waals surface area contributed by atoms with Crippen LogP contribution in [0.2, 0.25) is 0 Å². The zero-order chi connectivity index (χ0) is 15.4. The maximum atomic E-state index is 12.1. The number of aromatic nitrogens is 1. The van der Waals surface area contributed by atoms with E-state index in [2.05, 4.69) is 28.7 Å². The van der Waals surface area contributed by atoms with Crippen molar-refractivity contribution in [3.63, 3.8) is 0 Å². The van der Waals surface area contributed by atoms with Crippen molar-refractivity contribution in [2.45, 2.75) is 4.90 Å². The summed E-state index contributed by atoms with van der Waals surface area (Å²) >= 11 is 3.14. The summed E-state index contributed by atoms with van der Waals surface area (Å²) in [6.45, 7) is 0. The summed E-state index contributed by atoms with van der Waals surface area (Å²) in [4.78, 5) is 17.8. The molecule has 1 amide bonds. The van der Waals surface area contributed by atoms with Crippen LogP contribution in [0.4, 0.5) is 5.13 Å². The van der Waals surface area contributed by atoms with Gasteiger partial charge in [0.25, 0.3) is 5.91 Å². The number of nitrogens with one attached hydrogen (secondary N) is 1. The van der Waals surface area contributed by atoms with Crippen molar-refractivity contribution in [3.05, 3.63) is 65.5 Å². The highest BCUT2D eigenvalue weighted by molar-refractivity contribution is 7.98. The molecular formula is C17H14N2OS2. The van der Waals surface area contributed by atoms with E-state index >= 15 is 0 Å². The van der Waals surface area contributed by atoms with E-state index in [1.807, 2.05) is 35.7 Å². The number of anilines is 1. The highest BCUT2D eigenvalue weighted by Gasteiger charge is 2.09. The number of hydrogen-bond donors (Lipinski definition) is 1. The van der Waals surface area contributed by atoms with Crippen molar-refractivity contribution in [2.75, 3.05) is 11.6 Å². The van der Waals surface area contributed by atoms with Gasteiger partial charge in [0.15, 0.2) is 5.13 Å². The fourth-order valence-electron chi connectivity index (χ4n) is 1.98. The smallest absolute Gasteiger partial charge is 0.257 e. The summed E-state index contributed by atoms with van der Waals surface area (Å²) in [5.41, 5.74) is 2.55. The Morgan fingerprint density at radius 2 is 1.82 bits per heavy atom. The minimum absolute atomic E-state index is 0.140. The topological polar surface area (TPSA) is 42.0 Å². The second-order valence-electron chi connectivity index (χ2n) is 4.59. The summed E-state index contributed by atoms with van der Waals surface area (Å²) in [6.07, 6.45) is 2.05. The molecular weight excluding hydrogens is 312 g/mol. The van der Waals surface area contributed by atoms with Gasteiger partial charge in [-0.05, 0) is 30.5 Å². The molecule has 5 heteroatoms. The van der Waals surface area contributed by atoms with Crippen LogP contribution in [0.5, 0.6) is 0 Å². The van der Waals surface area contributed by atoms with E-state index in [0.29, 0.717) is 10.7 Å². The Morgan fingerprint density at radius 3 is 2.50 bits per heavy atom. The van der Waals surface area contributed by atoms with E-state index in [1.165, 1.54) is 16.2 Å². The molecule has 0 fully saturated rings. The van der Waals surface area contributed by atoms with Crippen LogP contribution in [0, 0.1) is 0 Å². The molecule has 0 aliphatic rings. The third-order valence-electron chi connectivity index (χ3n) is 3.15. The summed E-state index contributed by atoms with van der Waals surface area (Å²) in [7, 11) is 0. The number of thiazole rings is 1. The Hall–Kier alpha value is -2.11. The molecule has 1 heterocycles. The Kier molecular flexibility index (Phi) is 4.56. The largest absolute Gasteiger partial charge is 0.298 e. The number of carbonyl (C=O) groups excluding carboxylic acids is 1. The molecule has 0 saturated carbocycles. The molecule has 1 N–H and O–H groups in total. The highest BCUT2D eigenvalue weighted by atomic mass is 32.2. The summed E-state index contributed by atoms with van der Waals surface area (Å²) < 4.78 is 0. The lowest BCUT2D eigenvalue weighted by Crippen LogP contribution is -2.11. The Morgan fingerprint density at radius 1 is 1.09 bits per heavy atom. The van der Waals surface area contributed by atoms with Crippen LogP contribution in [-0.4, -0.2) is 17.1 Å². The molecule has 0 atom stereocenters. The minimum Gasteiger partial charge on any atom is -0.298 e. The first-order valence-electron chi connectivity index (χ1n) is 6.72. The van der Waals surface area contributed by atoms with Crippen molar-refractivity contribution in [2.24, 2.45) is 0 Å². The molecule has 22 heavy (non-hydrogen) atoms. The first kappa shape index (κ1) is 14.8. The van der Waals surface area contributed by atoms with Crippen LogP contribution in [0.25, 0.3) is 11.3 Å². The second-order valence-corrected chi connectivity index (χ2v) is 6.32. The summed E-state index contributed by atoms with van der Waals surface area (Å²) in [5, 5.41) is 5.40. The molecule has 3 rings (SSSR count). The fourth-order valence-corrected chi connectivity index (χ4v) is 3.11. The Bertz CT molecular complexity index is 767. The SMILES string of the molecule is CSc1ccc(-c2csc(NC(=O)c3ccccc3)n2)cc1. The lowest BCUT2D eigenvalue weighted by Gasteiger charge is -2.01. The first-order valence-corrected chi connectivity index (χ1v) is 8.83. The number of hydrogen-bond acceptors (Lipinski definition) is 4. The highest BCUT2D eigenvalue weighted by Crippen LogP contribution is 2.26. The van der Waals surface area contributed by atoms with E-state index in [-0.39, 0.29) is 5.91 Å². The molecule has 0 spiro atoms. The predicted molar refractivity (Wildman–Crippen MR) is 93.7 cm³/mol. The molecule has 0 unspecified atom stereocenters. The maximum absolute atomic E-state index is 12.1. The Balaban J connectivity index is 1.74. The van der Waals surface area contributed by atoms with Crippen LogP contribution in [0.15, 0.2) is 64.9 Å². The molecule has 0 bridgehead atoms. The van der Waals surface area contributed by atoms with E-state index in [1.54, 1.807) is 23.9 Å². The van der Waals surface area contributed by atoms with Gasteiger partial charge in [0.2, 0.25) is 0 Å². The van der Waals surface area contributed by atoms with Gasteiger partial charge in [-0.2, -0.15) is 0 Å². The monoisotopic (exact) mass is 326 g/mol. The molecule has 3 nitrogen and oxygen atoms in total. The number of carbonyl (C=O) groups is 1. The first-order chi connectivity index (χ1) is 10.8. The van der Waals surface area contributed by atoms with Crippen molar-refractivity contribution >= 4 is 34.1 Å². The average molecular weight is 326 g/mol. The van der Waals surface area contributed by atoms with Crippen LogP contribution in [-0.2, 0) is 0 Å². The van der Waals surface area contributed by atoms with Gasteiger partial charge in [-0.1, -0.05) is 30.3 Å². The normalized spacial score (nSPS) is 10.4. The minimum atomic E-state index is -0.140. The van der Waals surface area contributed by atoms with Crippen molar-refractivity contribution in [3.8, 4) is 11.3 Å². The second kappa shape index (κ2) is 6.77. The van der Waals surface area contributed by atoms with Crippen LogP contribution in [0.3, 0.4) is 0 Å². The number of thioether (sulfide) groups is 1. The van der Waals surface area contributed by atoms with E-state index < -0.39 is 0 Å².